The van der Waals surface area contributed by atoms with Gasteiger partial charge in [0, 0.05) is 12.8 Å². The maximum atomic E-state index is 12.4. The van der Waals surface area contributed by atoms with E-state index in [9.17, 15) is 4.79 Å². The lowest BCUT2D eigenvalue weighted by atomic mass is 10.1. The van der Waals surface area contributed by atoms with E-state index in [2.05, 4.69) is 34.9 Å². The fourth-order valence-corrected chi connectivity index (χ4v) is 4.66. The molecule has 0 aromatic heterocycles. The van der Waals surface area contributed by atoms with E-state index < -0.39 is 0 Å². The predicted molar refractivity (Wildman–Crippen MR) is 141 cm³/mol. The van der Waals surface area contributed by atoms with Crippen molar-refractivity contribution in [1.82, 2.24) is 0 Å². The van der Waals surface area contributed by atoms with Gasteiger partial charge in [-0.2, -0.15) is 0 Å². The van der Waals surface area contributed by atoms with Crippen LogP contribution in [0.25, 0.3) is 0 Å². The van der Waals surface area contributed by atoms with Crippen molar-refractivity contribution in [3.05, 3.63) is 0 Å². The van der Waals surface area contributed by atoms with Gasteiger partial charge in [0.25, 0.3) is 0 Å². The van der Waals surface area contributed by atoms with Gasteiger partial charge in [-0.25, -0.2) is 0 Å². The number of rotatable bonds is 24. The molecule has 0 radical (unpaired) electrons. The number of hydrogen-bond acceptors (Lipinski definition) is 2. The van der Waals surface area contributed by atoms with Gasteiger partial charge in [-0.3, -0.25) is 9.28 Å². The second-order valence-corrected chi connectivity index (χ2v) is 10.6. The maximum Gasteiger partial charge on any atom is 0.310 e. The van der Waals surface area contributed by atoms with Gasteiger partial charge in [-0.05, 0) is 19.3 Å². The summed E-state index contributed by atoms with van der Waals surface area (Å²) in [6, 6.07) is 0. The molecule has 0 saturated heterocycles. The molecule has 3 nitrogen and oxygen atoms in total. The van der Waals surface area contributed by atoms with E-state index in [0.717, 1.165) is 30.3 Å². The van der Waals surface area contributed by atoms with Crippen LogP contribution in [0.15, 0.2) is 0 Å². The van der Waals surface area contributed by atoms with E-state index >= 15 is 0 Å². The minimum absolute atomic E-state index is 0. The van der Waals surface area contributed by atoms with E-state index in [1.54, 1.807) is 0 Å². The Bertz CT molecular complexity index is 414. The Kier molecular flexibility index (Phi) is 27.0. The summed E-state index contributed by atoms with van der Waals surface area (Å²) in [7, 11) is 4.45. The summed E-state index contributed by atoms with van der Waals surface area (Å²) >= 11 is 0. The summed E-state index contributed by atoms with van der Waals surface area (Å²) < 4.78 is 6.71. The Hall–Kier alpha value is 0.160. The second-order valence-electron chi connectivity index (χ2n) is 10.6. The topological polar surface area (TPSA) is 26.3 Å². The van der Waals surface area contributed by atoms with Gasteiger partial charge in [0.15, 0.2) is 0 Å². The van der Waals surface area contributed by atoms with Crippen LogP contribution in [-0.4, -0.2) is 37.3 Å². The number of halogens is 1. The minimum atomic E-state index is -0.000220. The monoisotopic (exact) mass is 581 g/mol. The lowest BCUT2D eigenvalue weighted by Crippen LogP contribution is -3.00. The van der Waals surface area contributed by atoms with Crippen LogP contribution in [0.2, 0.25) is 0 Å². The molecule has 0 rings (SSSR count). The summed E-state index contributed by atoms with van der Waals surface area (Å²) in [5.74, 6) is 0.00917. The minimum Gasteiger partial charge on any atom is -1.00 e. The van der Waals surface area contributed by atoms with Crippen LogP contribution < -0.4 is 24.0 Å². The summed E-state index contributed by atoms with van der Waals surface area (Å²) in [5, 5.41) is 0. The number of unbranched alkanes of at least 4 members (excludes halogenated alkanes) is 17. The quantitative estimate of drug-likeness (QED) is 0.0447. The second kappa shape index (κ2) is 25.3. The largest absolute Gasteiger partial charge is 1.00 e. The molecule has 0 bridgehead atoms. The van der Waals surface area contributed by atoms with Crippen LogP contribution in [0.5, 0.6) is 0 Å². The first kappa shape index (κ1) is 35.3. The highest BCUT2D eigenvalue weighted by Crippen LogP contribution is 2.18. The number of hydrogen-bond donors (Lipinski definition) is 0. The van der Waals surface area contributed by atoms with Gasteiger partial charge >= 0.3 is 5.97 Å². The average molecular weight is 582 g/mol. The van der Waals surface area contributed by atoms with E-state index in [4.69, 9.17) is 4.74 Å². The highest BCUT2D eigenvalue weighted by molar-refractivity contribution is 5.69. The van der Waals surface area contributed by atoms with Gasteiger partial charge in [0.2, 0.25) is 6.23 Å². The number of carbonyl (C=O) groups is 1. The van der Waals surface area contributed by atoms with Gasteiger partial charge in [0.1, 0.15) is 0 Å². The van der Waals surface area contributed by atoms with Crippen molar-refractivity contribution in [2.75, 3.05) is 20.6 Å². The predicted octanol–water partition coefficient (Wildman–Crippen LogP) is 6.19. The van der Waals surface area contributed by atoms with Crippen molar-refractivity contribution in [3.63, 3.8) is 0 Å². The normalized spacial score (nSPS) is 12.4. The number of ether oxygens (including phenoxy) is 1. The summed E-state index contributed by atoms with van der Waals surface area (Å²) in [4.78, 5) is 12.4. The Morgan fingerprint density at radius 2 is 0.970 bits per heavy atom. The van der Waals surface area contributed by atoms with Crippen molar-refractivity contribution in [3.8, 4) is 0 Å². The summed E-state index contributed by atoms with van der Waals surface area (Å²) in [6.45, 7) is 7.79. The lowest BCUT2D eigenvalue weighted by Gasteiger charge is -2.36. The number of esters is 1. The molecule has 0 aliphatic heterocycles. The summed E-state index contributed by atoms with van der Waals surface area (Å²) in [6.07, 6.45) is 26.6. The smallest absolute Gasteiger partial charge is 0.310 e. The zero-order valence-corrected chi connectivity index (χ0v) is 25.4. The molecule has 0 aliphatic carbocycles. The van der Waals surface area contributed by atoms with E-state index in [-0.39, 0.29) is 36.2 Å². The third-order valence-electron chi connectivity index (χ3n) is 6.97. The molecule has 33 heavy (non-hydrogen) atoms. The fraction of sp³-hybridized carbons (Fsp3) is 0.966. The van der Waals surface area contributed by atoms with Crippen molar-refractivity contribution in [1.29, 1.82) is 0 Å². The molecule has 0 heterocycles. The molecule has 1 unspecified atom stereocenters. The third kappa shape index (κ3) is 22.4. The lowest BCUT2D eigenvalue weighted by molar-refractivity contribution is -0.935. The molecule has 0 amide bonds. The first-order chi connectivity index (χ1) is 15.5. The molecular weight excluding hydrogens is 521 g/mol. The molecule has 0 saturated carbocycles. The van der Waals surface area contributed by atoms with Crippen LogP contribution in [0.1, 0.15) is 156 Å². The van der Waals surface area contributed by atoms with Crippen LogP contribution in [-0.2, 0) is 9.53 Å². The van der Waals surface area contributed by atoms with E-state index in [1.807, 2.05) is 0 Å². The molecule has 0 aromatic rings. The highest BCUT2D eigenvalue weighted by atomic mass is 127. The molecule has 200 valence electrons. The van der Waals surface area contributed by atoms with Crippen LogP contribution >= 0.6 is 0 Å². The van der Waals surface area contributed by atoms with Crippen LogP contribution in [0, 0.1) is 0 Å². The number of carbonyl (C=O) groups excluding carboxylic acids is 1. The molecule has 1 atom stereocenters. The zero-order valence-electron chi connectivity index (χ0n) is 23.3. The van der Waals surface area contributed by atoms with Crippen molar-refractivity contribution >= 4 is 5.97 Å². The Balaban J connectivity index is 0. The molecule has 0 aromatic carbocycles. The van der Waals surface area contributed by atoms with Crippen molar-refractivity contribution in [2.45, 2.75) is 162 Å². The van der Waals surface area contributed by atoms with Crippen LogP contribution in [0.3, 0.4) is 0 Å². The number of quaternary nitrogens is 1. The molecule has 0 spiro atoms. The average Bonchev–Trinajstić information content (AvgIpc) is 2.77. The van der Waals surface area contributed by atoms with Crippen LogP contribution in [0.4, 0.5) is 0 Å². The highest BCUT2D eigenvalue weighted by Gasteiger charge is 2.29. The zero-order chi connectivity index (χ0) is 23.9. The molecule has 0 fully saturated rings. The van der Waals surface area contributed by atoms with Crippen molar-refractivity contribution < 1.29 is 38.0 Å². The standard InChI is InChI=1S/C29H60NO2.HI/c1-6-9-11-13-15-17-18-19-20-22-24-26-29(31)32-28(8-3)30(4,5)27-25-23-21-16-14-12-10-7-2;/h28H,6-27H2,1-5H3;1H/q+1;/p-1. The maximum absolute atomic E-state index is 12.4. The Morgan fingerprint density at radius 3 is 1.36 bits per heavy atom. The molecule has 0 aliphatic rings. The number of nitrogens with zero attached hydrogens (tertiary/aromatic N) is 1. The Morgan fingerprint density at radius 1 is 0.606 bits per heavy atom. The molecule has 0 N–H and O–H groups in total. The first-order valence-electron chi connectivity index (χ1n) is 14.5. The van der Waals surface area contributed by atoms with Gasteiger partial charge in [-0.15, -0.1) is 0 Å². The summed E-state index contributed by atoms with van der Waals surface area (Å²) in [5.41, 5.74) is 0. The first-order valence-corrected chi connectivity index (χ1v) is 14.5. The fourth-order valence-electron chi connectivity index (χ4n) is 4.66. The van der Waals surface area contributed by atoms with E-state index in [0.29, 0.717) is 6.42 Å². The van der Waals surface area contributed by atoms with Gasteiger partial charge in [-0.1, -0.05) is 124 Å². The Labute approximate surface area is 225 Å². The van der Waals surface area contributed by atoms with Gasteiger partial charge in [0.05, 0.1) is 20.6 Å². The SMILES string of the molecule is CCCCCCCCCCCCCC(=O)OC(CC)[N+](C)(C)CCCCCCCCCC.[I-]. The molecule has 4 heteroatoms. The van der Waals surface area contributed by atoms with E-state index in [1.165, 1.54) is 109 Å². The van der Waals surface area contributed by atoms with Gasteiger partial charge < -0.3 is 28.7 Å². The van der Waals surface area contributed by atoms with Crippen molar-refractivity contribution in [2.24, 2.45) is 0 Å². The third-order valence-corrected chi connectivity index (χ3v) is 6.97. The molecular formula is C29H60INO2.